The highest BCUT2D eigenvalue weighted by atomic mass is 35.5. The Kier molecular flexibility index (Phi) is 21.2. The van der Waals surface area contributed by atoms with Gasteiger partial charge in [-0.1, -0.05) is 72.8 Å². The van der Waals surface area contributed by atoms with Crippen molar-refractivity contribution in [1.82, 2.24) is 20.9 Å². The molecule has 56 heavy (non-hydrogen) atoms. The molecule has 0 bridgehead atoms. The van der Waals surface area contributed by atoms with E-state index in [0.29, 0.717) is 38.9 Å². The second-order valence-corrected chi connectivity index (χ2v) is 15.3. The maximum absolute atomic E-state index is 12.3. The molecule has 14 heteroatoms. The van der Waals surface area contributed by atoms with Crippen LogP contribution < -0.4 is 16.0 Å². The van der Waals surface area contributed by atoms with Crippen LogP contribution in [0.4, 0.5) is 0 Å². The lowest BCUT2D eigenvalue weighted by molar-refractivity contribution is -0.144. The van der Waals surface area contributed by atoms with Gasteiger partial charge in [0.15, 0.2) is 0 Å². The molecule has 0 aromatic heterocycles. The largest absolute Gasteiger partial charge is 0.481 e. The third kappa shape index (κ3) is 13.9. The fraction of sp³-hybridized carbons (Fsp3) is 0.500. The average molecular weight is 857 g/mol. The summed E-state index contributed by atoms with van der Waals surface area (Å²) >= 11 is 0. The Morgan fingerprint density at radius 2 is 0.768 bits per heavy atom. The van der Waals surface area contributed by atoms with Crippen LogP contribution in [0.1, 0.15) is 52.6 Å². The Balaban J connectivity index is 0.00000271. The van der Waals surface area contributed by atoms with E-state index in [2.05, 4.69) is 57.2 Å². The minimum absolute atomic E-state index is 0. The molecule has 6 N–H and O–H groups in total. The Labute approximate surface area is 355 Å². The topological polar surface area (TPSA) is 151 Å². The van der Waals surface area contributed by atoms with E-state index in [4.69, 9.17) is 0 Å². The minimum atomic E-state index is -0.746. The molecule has 3 aliphatic rings. The molecular formula is C42H58Cl4N4O6. The molecule has 0 spiro atoms. The smallest absolute Gasteiger partial charge is 0.307 e. The summed E-state index contributed by atoms with van der Waals surface area (Å²) in [4.78, 5) is 39.2. The number of rotatable bonds is 18. The summed E-state index contributed by atoms with van der Waals surface area (Å²) in [6, 6.07) is 24.8. The van der Waals surface area contributed by atoms with Crippen LogP contribution in [0.5, 0.6) is 0 Å². The van der Waals surface area contributed by atoms with Gasteiger partial charge in [0.25, 0.3) is 0 Å². The number of carboxylic acids is 3. The maximum Gasteiger partial charge on any atom is 0.307 e. The van der Waals surface area contributed by atoms with Crippen LogP contribution in [0, 0.1) is 35.5 Å². The van der Waals surface area contributed by atoms with Crippen LogP contribution in [0.25, 0.3) is 0 Å². The molecule has 0 aliphatic carbocycles. The monoisotopic (exact) mass is 854 g/mol. The number of benzene rings is 3. The van der Waals surface area contributed by atoms with Gasteiger partial charge in [-0.2, -0.15) is 0 Å². The summed E-state index contributed by atoms with van der Waals surface area (Å²) in [6.07, 6.45) is 4.08. The van der Waals surface area contributed by atoms with E-state index >= 15 is 0 Å². The van der Waals surface area contributed by atoms with Crippen molar-refractivity contribution in [3.8, 4) is 0 Å². The molecule has 6 atom stereocenters. The second kappa shape index (κ2) is 24.1. The Morgan fingerprint density at radius 3 is 1.00 bits per heavy atom. The second-order valence-electron chi connectivity index (χ2n) is 15.3. The van der Waals surface area contributed by atoms with Crippen molar-refractivity contribution >= 4 is 67.5 Å². The molecule has 6 rings (SSSR count). The first-order chi connectivity index (χ1) is 25.2. The summed E-state index contributed by atoms with van der Waals surface area (Å²) in [6.45, 7) is 6.65. The fourth-order valence-corrected chi connectivity index (χ4v) is 8.70. The zero-order chi connectivity index (χ0) is 36.5. The summed E-state index contributed by atoms with van der Waals surface area (Å²) < 4.78 is 0. The van der Waals surface area contributed by atoms with Crippen molar-refractivity contribution < 1.29 is 29.7 Å². The van der Waals surface area contributed by atoms with Gasteiger partial charge in [-0.05, 0) is 129 Å². The van der Waals surface area contributed by atoms with Crippen LogP contribution in [-0.2, 0) is 53.3 Å². The van der Waals surface area contributed by atoms with Gasteiger partial charge < -0.3 is 31.3 Å². The molecule has 0 amide bonds. The van der Waals surface area contributed by atoms with E-state index in [0.717, 1.165) is 91.9 Å². The number of carbonyl (C=O) groups is 3. The van der Waals surface area contributed by atoms with Gasteiger partial charge in [0, 0.05) is 19.6 Å². The molecule has 3 saturated heterocycles. The fourth-order valence-electron chi connectivity index (χ4n) is 8.70. The molecule has 0 radical (unpaired) electrons. The van der Waals surface area contributed by atoms with Gasteiger partial charge in [-0.25, -0.2) is 0 Å². The molecule has 310 valence electrons. The van der Waals surface area contributed by atoms with Crippen LogP contribution in [0.2, 0.25) is 0 Å². The maximum atomic E-state index is 12.3. The summed E-state index contributed by atoms with van der Waals surface area (Å²) in [5, 5.41) is 40.1. The molecule has 3 aromatic rings. The van der Waals surface area contributed by atoms with Gasteiger partial charge in [-0.3, -0.25) is 19.3 Å². The Morgan fingerprint density at radius 1 is 0.500 bits per heavy atom. The number of halogens is 4. The van der Waals surface area contributed by atoms with Gasteiger partial charge in [0.05, 0.1) is 17.8 Å². The zero-order valence-electron chi connectivity index (χ0n) is 31.6. The number of aliphatic carboxylic acids is 3. The highest BCUT2D eigenvalue weighted by Crippen LogP contribution is 2.28. The van der Waals surface area contributed by atoms with Crippen LogP contribution in [-0.4, -0.2) is 77.4 Å². The SMILES string of the molecule is Cl.Cl.Cl.Cl.O=C(O)C(Cc1cccc(CN(Cc2cccc(CC(C(=O)O)C3CCNC3)c2)Cc2cccc(CC(C(=O)O)C3CCNC3)c2)c1)C1CCNC1. The summed E-state index contributed by atoms with van der Waals surface area (Å²) in [7, 11) is 0. The summed E-state index contributed by atoms with van der Waals surface area (Å²) in [5.74, 6) is -3.18. The number of hydrogen-bond acceptors (Lipinski definition) is 7. The highest BCUT2D eigenvalue weighted by Gasteiger charge is 2.33. The third-order valence-electron chi connectivity index (χ3n) is 11.5. The molecule has 3 heterocycles. The highest BCUT2D eigenvalue weighted by molar-refractivity contribution is 5.86. The van der Waals surface area contributed by atoms with E-state index in [1.54, 1.807) is 0 Å². The van der Waals surface area contributed by atoms with E-state index in [1.165, 1.54) is 0 Å². The number of carboxylic acid groups (broad SMARTS) is 3. The normalized spacial score (nSPS) is 20.4. The first kappa shape index (κ1) is 49.2. The van der Waals surface area contributed by atoms with Gasteiger partial charge in [-0.15, -0.1) is 49.6 Å². The van der Waals surface area contributed by atoms with Crippen molar-refractivity contribution in [2.75, 3.05) is 39.3 Å². The predicted molar refractivity (Wildman–Crippen MR) is 229 cm³/mol. The van der Waals surface area contributed by atoms with Crippen LogP contribution in [0.15, 0.2) is 72.8 Å². The molecular weight excluding hydrogens is 798 g/mol. The van der Waals surface area contributed by atoms with Crippen LogP contribution >= 0.6 is 49.6 Å². The Bertz CT molecular complexity index is 1490. The molecule has 3 aliphatic heterocycles. The predicted octanol–water partition coefficient (Wildman–Crippen LogP) is 6.13. The Hall–Kier alpha value is -2.93. The zero-order valence-corrected chi connectivity index (χ0v) is 34.9. The van der Waals surface area contributed by atoms with Gasteiger partial charge >= 0.3 is 17.9 Å². The van der Waals surface area contributed by atoms with E-state index < -0.39 is 35.7 Å². The van der Waals surface area contributed by atoms with Gasteiger partial charge in [0.2, 0.25) is 0 Å². The van der Waals surface area contributed by atoms with Crippen molar-refractivity contribution in [2.24, 2.45) is 35.5 Å². The standard InChI is InChI=1S/C42H54N4O6.4ClH/c47-40(48)37(34-10-13-43-22-34)19-28-4-1-7-31(16-28)25-46(26-32-8-2-5-29(17-32)20-38(41(49)50)35-11-14-44-23-35)27-33-9-3-6-30(18-33)21-39(42(51)52)36-12-15-45-24-36;;;;/h1-9,16-18,34-39,43-45H,10-15,19-27H2,(H,47,48)(H,49,50)(H,51,52);4*1H. The van der Waals surface area contributed by atoms with Crippen molar-refractivity contribution in [3.05, 3.63) is 106 Å². The lowest BCUT2D eigenvalue weighted by Gasteiger charge is -2.25. The first-order valence-corrected chi connectivity index (χ1v) is 19.0. The van der Waals surface area contributed by atoms with Crippen molar-refractivity contribution in [1.29, 1.82) is 0 Å². The van der Waals surface area contributed by atoms with Gasteiger partial charge in [0.1, 0.15) is 0 Å². The van der Waals surface area contributed by atoms with Crippen molar-refractivity contribution in [2.45, 2.75) is 58.2 Å². The first-order valence-electron chi connectivity index (χ1n) is 19.0. The molecule has 6 unspecified atom stereocenters. The number of hydrogen-bond donors (Lipinski definition) is 6. The van der Waals surface area contributed by atoms with E-state index in [-0.39, 0.29) is 67.4 Å². The van der Waals surface area contributed by atoms with Crippen molar-refractivity contribution in [3.63, 3.8) is 0 Å². The average Bonchev–Trinajstić information content (AvgIpc) is 3.94. The van der Waals surface area contributed by atoms with E-state index in [9.17, 15) is 29.7 Å². The molecule has 3 fully saturated rings. The number of nitrogens with one attached hydrogen (secondary N) is 3. The molecule has 3 aromatic carbocycles. The van der Waals surface area contributed by atoms with E-state index in [1.807, 2.05) is 36.4 Å². The lowest BCUT2D eigenvalue weighted by Crippen LogP contribution is -2.28. The lowest BCUT2D eigenvalue weighted by atomic mass is 9.85. The quantitative estimate of drug-likeness (QED) is 0.0882. The van der Waals surface area contributed by atoms with Crippen LogP contribution in [0.3, 0.4) is 0 Å². The minimum Gasteiger partial charge on any atom is -0.481 e. The molecule has 10 nitrogen and oxygen atoms in total. The summed E-state index contributed by atoms with van der Waals surface area (Å²) in [5.41, 5.74) is 6.34. The third-order valence-corrected chi connectivity index (χ3v) is 11.5. The molecule has 0 saturated carbocycles. The number of nitrogens with zero attached hydrogens (tertiary/aromatic N) is 1.